The first-order valence-corrected chi connectivity index (χ1v) is 9.53. The largest absolute Gasteiger partial charge is 0.416 e. The Bertz CT molecular complexity index is 909. The van der Waals surface area contributed by atoms with Crippen molar-refractivity contribution in [1.29, 1.82) is 0 Å². The van der Waals surface area contributed by atoms with Crippen LogP contribution in [-0.2, 0) is 11.0 Å². The molecule has 1 fully saturated rings. The quantitative estimate of drug-likeness (QED) is 0.781. The van der Waals surface area contributed by atoms with Crippen LogP contribution < -0.4 is 10.6 Å². The zero-order valence-corrected chi connectivity index (χ0v) is 16.5. The number of halogens is 3. The number of piperazine rings is 1. The number of nitrogens with one attached hydrogen (secondary N) is 2. The summed E-state index contributed by atoms with van der Waals surface area (Å²) in [7, 11) is 1.58. The number of hydrogen-bond acceptors (Lipinski definition) is 4. The van der Waals surface area contributed by atoms with E-state index in [-0.39, 0.29) is 24.0 Å². The molecule has 0 radical (unpaired) electrons. The minimum Gasteiger partial charge on any atom is -0.358 e. The number of rotatable bonds is 5. The van der Waals surface area contributed by atoms with E-state index >= 15 is 0 Å². The number of nitrogens with zero attached hydrogens (tertiary/aromatic N) is 2. The van der Waals surface area contributed by atoms with Crippen LogP contribution >= 0.6 is 0 Å². The van der Waals surface area contributed by atoms with Gasteiger partial charge in [-0.3, -0.25) is 14.5 Å². The van der Waals surface area contributed by atoms with Crippen molar-refractivity contribution in [3.05, 3.63) is 59.7 Å². The normalized spacial score (nSPS) is 15.0. The molecule has 2 N–H and O–H groups in total. The molecule has 30 heavy (non-hydrogen) atoms. The average molecular weight is 420 g/mol. The maximum Gasteiger partial charge on any atom is 0.416 e. The Morgan fingerprint density at radius 3 is 2.37 bits per heavy atom. The summed E-state index contributed by atoms with van der Waals surface area (Å²) in [5, 5.41) is 5.51. The highest BCUT2D eigenvalue weighted by atomic mass is 19.4. The number of para-hydroxylation sites is 1. The molecule has 2 aromatic rings. The Hall–Kier alpha value is -3.07. The maximum atomic E-state index is 13.0. The second-order valence-electron chi connectivity index (χ2n) is 6.99. The third kappa shape index (κ3) is 5.29. The third-order valence-electron chi connectivity index (χ3n) is 4.93. The van der Waals surface area contributed by atoms with E-state index in [2.05, 4.69) is 10.6 Å². The number of alkyl halides is 3. The number of carbonyl (C=O) groups is 2. The number of hydrogen-bond donors (Lipinski definition) is 2. The molecular weight excluding hydrogens is 397 g/mol. The molecule has 3 rings (SSSR count). The second-order valence-corrected chi connectivity index (χ2v) is 6.99. The Kier molecular flexibility index (Phi) is 6.61. The van der Waals surface area contributed by atoms with E-state index in [0.717, 1.165) is 12.1 Å². The minimum atomic E-state index is -4.44. The molecule has 0 aromatic heterocycles. The maximum absolute atomic E-state index is 13.0. The molecule has 1 saturated heterocycles. The summed E-state index contributed by atoms with van der Waals surface area (Å²) in [5.74, 6) is -0.282. The van der Waals surface area contributed by atoms with Crippen molar-refractivity contribution in [1.82, 2.24) is 15.1 Å². The first kappa shape index (κ1) is 21.6. The third-order valence-corrected chi connectivity index (χ3v) is 4.93. The number of anilines is 2. The molecule has 1 aliphatic rings. The molecule has 0 spiro atoms. The molecule has 0 unspecified atom stereocenters. The van der Waals surface area contributed by atoms with Gasteiger partial charge in [-0.15, -0.1) is 0 Å². The number of likely N-dealkylation sites (N-methyl/N-ethyl adjacent to an activating group) is 1. The standard InChI is InChI=1S/C21H23F3N4O2/c1-25-19(29)14-27-9-11-28(12-10-27)20(30)17-7-2-3-8-18(17)26-16-6-4-5-15(13-16)21(22,23)24/h2-8,13,26H,9-12,14H2,1H3,(H,25,29). The lowest BCUT2D eigenvalue weighted by atomic mass is 10.1. The van der Waals surface area contributed by atoms with E-state index < -0.39 is 11.7 Å². The van der Waals surface area contributed by atoms with E-state index in [1.165, 1.54) is 12.1 Å². The van der Waals surface area contributed by atoms with Gasteiger partial charge in [0.05, 0.1) is 23.4 Å². The van der Waals surface area contributed by atoms with Gasteiger partial charge in [-0.25, -0.2) is 0 Å². The van der Waals surface area contributed by atoms with Crippen LogP contribution in [0.4, 0.5) is 24.5 Å². The van der Waals surface area contributed by atoms with Crippen molar-refractivity contribution in [2.75, 3.05) is 45.1 Å². The van der Waals surface area contributed by atoms with Crippen molar-refractivity contribution in [2.24, 2.45) is 0 Å². The van der Waals surface area contributed by atoms with E-state index in [0.29, 0.717) is 37.4 Å². The monoisotopic (exact) mass is 420 g/mol. The van der Waals surface area contributed by atoms with Crippen LogP contribution in [0, 0.1) is 0 Å². The predicted octanol–water partition coefficient (Wildman–Crippen LogP) is 2.95. The molecule has 2 aromatic carbocycles. The molecule has 9 heteroatoms. The summed E-state index contributed by atoms with van der Waals surface area (Å²) >= 11 is 0. The molecule has 2 amide bonds. The summed E-state index contributed by atoms with van der Waals surface area (Å²) in [6.07, 6.45) is -4.44. The highest BCUT2D eigenvalue weighted by Crippen LogP contribution is 2.32. The van der Waals surface area contributed by atoms with Gasteiger partial charge in [-0.05, 0) is 30.3 Å². The molecule has 160 valence electrons. The zero-order valence-electron chi connectivity index (χ0n) is 16.5. The lowest BCUT2D eigenvalue weighted by Gasteiger charge is -2.34. The Labute approximate surface area is 172 Å². The molecule has 0 saturated carbocycles. The summed E-state index contributed by atoms with van der Waals surface area (Å²) < 4.78 is 38.9. The first-order chi connectivity index (χ1) is 14.3. The summed E-state index contributed by atoms with van der Waals surface area (Å²) in [5.41, 5.74) is 0.313. The van der Waals surface area contributed by atoms with Crippen LogP contribution in [0.15, 0.2) is 48.5 Å². The van der Waals surface area contributed by atoms with Crippen LogP contribution in [0.2, 0.25) is 0 Å². The fourth-order valence-corrected chi connectivity index (χ4v) is 3.27. The first-order valence-electron chi connectivity index (χ1n) is 9.53. The van der Waals surface area contributed by atoms with Gasteiger partial charge in [0, 0.05) is 38.9 Å². The Morgan fingerprint density at radius 1 is 1.00 bits per heavy atom. The molecule has 0 bridgehead atoms. The minimum absolute atomic E-state index is 0.0783. The van der Waals surface area contributed by atoms with Crippen molar-refractivity contribution < 1.29 is 22.8 Å². The number of carbonyl (C=O) groups excluding carboxylic acids is 2. The number of amides is 2. The molecule has 6 nitrogen and oxygen atoms in total. The van der Waals surface area contributed by atoms with Crippen LogP contribution in [-0.4, -0.2) is 61.4 Å². The van der Waals surface area contributed by atoms with Gasteiger partial charge >= 0.3 is 6.18 Å². The van der Waals surface area contributed by atoms with E-state index in [1.54, 1.807) is 36.2 Å². The molecule has 1 heterocycles. The van der Waals surface area contributed by atoms with Gasteiger partial charge in [0.25, 0.3) is 5.91 Å². The predicted molar refractivity (Wildman–Crippen MR) is 108 cm³/mol. The molecular formula is C21H23F3N4O2. The average Bonchev–Trinajstić information content (AvgIpc) is 2.74. The lowest BCUT2D eigenvalue weighted by molar-refractivity contribution is -0.137. The molecule has 1 aliphatic heterocycles. The van der Waals surface area contributed by atoms with E-state index in [1.807, 2.05) is 4.90 Å². The van der Waals surface area contributed by atoms with Gasteiger partial charge in [-0.1, -0.05) is 18.2 Å². The summed E-state index contributed by atoms with van der Waals surface area (Å²) in [6, 6.07) is 11.6. The van der Waals surface area contributed by atoms with Gasteiger partial charge in [0.1, 0.15) is 0 Å². The lowest BCUT2D eigenvalue weighted by Crippen LogP contribution is -2.50. The summed E-state index contributed by atoms with van der Waals surface area (Å²) in [4.78, 5) is 28.2. The van der Waals surface area contributed by atoms with Crippen LogP contribution in [0.25, 0.3) is 0 Å². The zero-order chi connectivity index (χ0) is 21.7. The Morgan fingerprint density at radius 2 is 1.70 bits per heavy atom. The SMILES string of the molecule is CNC(=O)CN1CCN(C(=O)c2ccccc2Nc2cccc(C(F)(F)F)c2)CC1. The van der Waals surface area contributed by atoms with Crippen LogP contribution in [0.3, 0.4) is 0 Å². The smallest absolute Gasteiger partial charge is 0.358 e. The second kappa shape index (κ2) is 9.17. The van der Waals surface area contributed by atoms with E-state index in [9.17, 15) is 22.8 Å². The molecule has 0 aliphatic carbocycles. The fraction of sp³-hybridized carbons (Fsp3) is 0.333. The highest BCUT2D eigenvalue weighted by Gasteiger charge is 2.30. The van der Waals surface area contributed by atoms with Crippen molar-refractivity contribution >= 4 is 23.2 Å². The van der Waals surface area contributed by atoms with Gasteiger partial charge in [-0.2, -0.15) is 13.2 Å². The molecule has 0 atom stereocenters. The van der Waals surface area contributed by atoms with E-state index in [4.69, 9.17) is 0 Å². The van der Waals surface area contributed by atoms with Gasteiger partial charge in [0.15, 0.2) is 0 Å². The topological polar surface area (TPSA) is 64.7 Å². The van der Waals surface area contributed by atoms with Crippen molar-refractivity contribution in [3.63, 3.8) is 0 Å². The van der Waals surface area contributed by atoms with Crippen molar-refractivity contribution in [3.8, 4) is 0 Å². The highest BCUT2D eigenvalue weighted by molar-refractivity contribution is 6.00. The van der Waals surface area contributed by atoms with Crippen LogP contribution in [0.1, 0.15) is 15.9 Å². The van der Waals surface area contributed by atoms with Crippen LogP contribution in [0.5, 0.6) is 0 Å². The summed E-state index contributed by atoms with van der Waals surface area (Å²) in [6.45, 7) is 2.36. The van der Waals surface area contributed by atoms with Gasteiger partial charge < -0.3 is 15.5 Å². The fourth-order valence-electron chi connectivity index (χ4n) is 3.27. The number of benzene rings is 2. The van der Waals surface area contributed by atoms with Gasteiger partial charge in [0.2, 0.25) is 5.91 Å². The van der Waals surface area contributed by atoms with Crippen molar-refractivity contribution in [2.45, 2.75) is 6.18 Å². The Balaban J connectivity index is 1.71.